The second-order valence-corrected chi connectivity index (χ2v) is 4.04. The molecule has 0 bridgehead atoms. The van der Waals surface area contributed by atoms with Crippen LogP contribution in [0.25, 0.3) is 0 Å². The maximum absolute atomic E-state index is 11.3. The predicted molar refractivity (Wildman–Crippen MR) is 62.0 cm³/mol. The van der Waals surface area contributed by atoms with Crippen LogP contribution in [-0.2, 0) is 9.53 Å². The third-order valence-electron chi connectivity index (χ3n) is 2.76. The van der Waals surface area contributed by atoms with E-state index in [0.29, 0.717) is 5.92 Å². The molecule has 0 spiro atoms. The molecule has 1 rings (SSSR count). The molecule has 0 aliphatic carbocycles. The van der Waals surface area contributed by atoms with Crippen LogP contribution in [0.4, 0.5) is 0 Å². The standard InChI is InChI=1S/C10H20N2O2.ClH/c1-7(11)10(13)12-8(2)9-3-5-14-6-4-9;/h7-9H,3-6,11H2,1-2H3,(H,12,13);1H/t7-,8?;/m1./s1. The van der Waals surface area contributed by atoms with Crippen LogP contribution in [-0.4, -0.2) is 31.2 Å². The van der Waals surface area contributed by atoms with Gasteiger partial charge in [-0.05, 0) is 32.6 Å². The fraction of sp³-hybridized carbons (Fsp3) is 0.900. The van der Waals surface area contributed by atoms with E-state index in [4.69, 9.17) is 10.5 Å². The molecular weight excluding hydrogens is 216 g/mol. The number of nitrogens with two attached hydrogens (primary N) is 1. The van der Waals surface area contributed by atoms with E-state index in [1.165, 1.54) is 0 Å². The molecular formula is C10H21ClN2O2. The van der Waals surface area contributed by atoms with Gasteiger partial charge in [0.05, 0.1) is 6.04 Å². The van der Waals surface area contributed by atoms with Crippen LogP contribution < -0.4 is 11.1 Å². The largest absolute Gasteiger partial charge is 0.381 e. The average Bonchev–Trinajstić information content (AvgIpc) is 2.19. The van der Waals surface area contributed by atoms with Crippen LogP contribution >= 0.6 is 12.4 Å². The van der Waals surface area contributed by atoms with E-state index in [1.54, 1.807) is 6.92 Å². The zero-order valence-corrected chi connectivity index (χ0v) is 10.2. The monoisotopic (exact) mass is 236 g/mol. The number of rotatable bonds is 3. The molecule has 1 unspecified atom stereocenters. The fourth-order valence-corrected chi connectivity index (χ4v) is 1.69. The zero-order chi connectivity index (χ0) is 10.6. The second-order valence-electron chi connectivity index (χ2n) is 4.04. The van der Waals surface area contributed by atoms with Crippen LogP contribution in [0.3, 0.4) is 0 Å². The highest BCUT2D eigenvalue weighted by Gasteiger charge is 2.22. The maximum atomic E-state index is 11.3. The van der Waals surface area contributed by atoms with Crippen LogP contribution in [0.1, 0.15) is 26.7 Å². The summed E-state index contributed by atoms with van der Waals surface area (Å²) in [6.45, 7) is 5.36. The molecule has 1 amide bonds. The maximum Gasteiger partial charge on any atom is 0.236 e. The Bertz CT molecular complexity index is 194. The molecule has 5 heteroatoms. The molecule has 15 heavy (non-hydrogen) atoms. The lowest BCUT2D eigenvalue weighted by atomic mass is 9.93. The summed E-state index contributed by atoms with van der Waals surface area (Å²) in [7, 11) is 0. The number of hydrogen-bond acceptors (Lipinski definition) is 3. The van der Waals surface area contributed by atoms with Crippen LogP contribution in [0.2, 0.25) is 0 Å². The number of carbonyl (C=O) groups excluding carboxylic acids is 1. The predicted octanol–water partition coefficient (Wildman–Crippen LogP) is 0.687. The molecule has 1 fully saturated rings. The van der Waals surface area contributed by atoms with E-state index < -0.39 is 6.04 Å². The van der Waals surface area contributed by atoms with Gasteiger partial charge in [0.15, 0.2) is 0 Å². The molecule has 1 heterocycles. The van der Waals surface area contributed by atoms with Gasteiger partial charge in [0, 0.05) is 19.3 Å². The first kappa shape index (κ1) is 14.7. The number of ether oxygens (including phenoxy) is 1. The highest BCUT2D eigenvalue weighted by Crippen LogP contribution is 2.18. The smallest absolute Gasteiger partial charge is 0.236 e. The van der Waals surface area contributed by atoms with Gasteiger partial charge in [-0.2, -0.15) is 0 Å². The second kappa shape index (κ2) is 7.04. The summed E-state index contributed by atoms with van der Waals surface area (Å²) in [5, 5.41) is 2.93. The highest BCUT2D eigenvalue weighted by atomic mass is 35.5. The van der Waals surface area contributed by atoms with Gasteiger partial charge in [0.2, 0.25) is 5.91 Å². The lowest BCUT2D eigenvalue weighted by molar-refractivity contribution is -0.123. The third-order valence-corrected chi connectivity index (χ3v) is 2.76. The summed E-state index contributed by atoms with van der Waals surface area (Å²) in [5.74, 6) is 0.468. The number of nitrogens with one attached hydrogen (secondary N) is 1. The Hall–Kier alpha value is -0.320. The van der Waals surface area contributed by atoms with E-state index in [0.717, 1.165) is 26.1 Å². The first-order chi connectivity index (χ1) is 6.61. The van der Waals surface area contributed by atoms with E-state index >= 15 is 0 Å². The summed E-state index contributed by atoms with van der Waals surface area (Å²) in [6, 6.07) is -0.213. The normalized spacial score (nSPS) is 21.3. The van der Waals surface area contributed by atoms with Crippen LogP contribution in [0.5, 0.6) is 0 Å². The number of hydrogen-bond donors (Lipinski definition) is 2. The first-order valence-corrected chi connectivity index (χ1v) is 5.25. The molecule has 90 valence electrons. The van der Waals surface area contributed by atoms with Gasteiger partial charge >= 0.3 is 0 Å². The van der Waals surface area contributed by atoms with Crippen molar-refractivity contribution in [2.24, 2.45) is 11.7 Å². The van der Waals surface area contributed by atoms with Crippen molar-refractivity contribution in [3.63, 3.8) is 0 Å². The van der Waals surface area contributed by atoms with Crippen LogP contribution in [0, 0.1) is 5.92 Å². The SMILES string of the molecule is CC(NC(=O)[C@@H](C)N)C1CCOCC1.Cl. The fourth-order valence-electron chi connectivity index (χ4n) is 1.69. The van der Waals surface area contributed by atoms with Gasteiger partial charge in [-0.3, -0.25) is 4.79 Å². The molecule has 0 saturated carbocycles. The molecule has 1 saturated heterocycles. The minimum Gasteiger partial charge on any atom is -0.381 e. The average molecular weight is 237 g/mol. The molecule has 2 atom stereocenters. The Morgan fingerprint density at radius 1 is 1.40 bits per heavy atom. The van der Waals surface area contributed by atoms with Crippen molar-refractivity contribution in [1.29, 1.82) is 0 Å². The lowest BCUT2D eigenvalue weighted by Gasteiger charge is -2.28. The summed E-state index contributed by atoms with van der Waals surface area (Å²) < 4.78 is 5.26. The quantitative estimate of drug-likeness (QED) is 0.758. The third kappa shape index (κ3) is 4.82. The van der Waals surface area contributed by atoms with Gasteiger partial charge < -0.3 is 15.8 Å². The minimum absolute atomic E-state index is 0. The van der Waals surface area contributed by atoms with Crippen molar-refractivity contribution in [2.45, 2.75) is 38.8 Å². The van der Waals surface area contributed by atoms with Crippen molar-refractivity contribution in [3.05, 3.63) is 0 Å². The number of amides is 1. The van der Waals surface area contributed by atoms with Gasteiger partial charge in [-0.25, -0.2) is 0 Å². The van der Waals surface area contributed by atoms with E-state index in [-0.39, 0.29) is 24.4 Å². The van der Waals surface area contributed by atoms with Gasteiger partial charge in [-0.15, -0.1) is 12.4 Å². The van der Waals surface area contributed by atoms with Crippen molar-refractivity contribution < 1.29 is 9.53 Å². The Balaban J connectivity index is 0.00000196. The minimum atomic E-state index is -0.419. The van der Waals surface area contributed by atoms with Gasteiger partial charge in [-0.1, -0.05) is 0 Å². The molecule has 3 N–H and O–H groups in total. The van der Waals surface area contributed by atoms with Crippen LogP contribution in [0.15, 0.2) is 0 Å². The van der Waals surface area contributed by atoms with E-state index in [1.807, 2.05) is 6.92 Å². The molecule has 0 aromatic heterocycles. The van der Waals surface area contributed by atoms with E-state index in [2.05, 4.69) is 5.32 Å². The lowest BCUT2D eigenvalue weighted by Crippen LogP contribution is -2.46. The molecule has 4 nitrogen and oxygen atoms in total. The molecule has 1 aliphatic rings. The van der Waals surface area contributed by atoms with Crippen molar-refractivity contribution >= 4 is 18.3 Å². The Morgan fingerprint density at radius 3 is 2.40 bits per heavy atom. The van der Waals surface area contributed by atoms with Crippen molar-refractivity contribution in [2.75, 3.05) is 13.2 Å². The Morgan fingerprint density at radius 2 is 1.93 bits per heavy atom. The van der Waals surface area contributed by atoms with Crippen molar-refractivity contribution in [3.8, 4) is 0 Å². The summed E-state index contributed by atoms with van der Waals surface area (Å²) in [5.41, 5.74) is 5.48. The van der Waals surface area contributed by atoms with E-state index in [9.17, 15) is 4.79 Å². The summed E-state index contributed by atoms with van der Waals surface area (Å²) in [4.78, 5) is 11.3. The number of carbonyl (C=O) groups is 1. The van der Waals surface area contributed by atoms with Gasteiger partial charge in [0.1, 0.15) is 0 Å². The molecule has 0 aromatic carbocycles. The van der Waals surface area contributed by atoms with Crippen molar-refractivity contribution in [1.82, 2.24) is 5.32 Å². The number of halogens is 1. The molecule has 0 radical (unpaired) electrons. The molecule has 1 aliphatic heterocycles. The highest BCUT2D eigenvalue weighted by molar-refractivity contribution is 5.85. The van der Waals surface area contributed by atoms with Gasteiger partial charge in [0.25, 0.3) is 0 Å². The first-order valence-electron chi connectivity index (χ1n) is 5.25. The zero-order valence-electron chi connectivity index (χ0n) is 9.36. The molecule has 0 aromatic rings. The Kier molecular flexibility index (Phi) is 6.89. The topological polar surface area (TPSA) is 64.4 Å². The summed E-state index contributed by atoms with van der Waals surface area (Å²) >= 11 is 0. The Labute approximate surface area is 97.3 Å². The summed E-state index contributed by atoms with van der Waals surface area (Å²) in [6.07, 6.45) is 2.06.